The van der Waals surface area contributed by atoms with Crippen molar-refractivity contribution in [3.8, 4) is 28.0 Å². The number of hydrogen-bond donors (Lipinski definition) is 1. The lowest BCUT2D eigenvalue weighted by atomic mass is 9.98. The van der Waals surface area contributed by atoms with Gasteiger partial charge in [-0.2, -0.15) is 0 Å². The van der Waals surface area contributed by atoms with Crippen LogP contribution in [0.15, 0.2) is 91.0 Å². The maximum absolute atomic E-state index is 9.01. The van der Waals surface area contributed by atoms with E-state index < -0.39 is 0 Å². The van der Waals surface area contributed by atoms with Gasteiger partial charge in [0, 0.05) is 20.2 Å². The second-order valence-electron chi connectivity index (χ2n) is 6.66. The summed E-state index contributed by atoms with van der Waals surface area (Å²) >= 11 is 1.85. The first-order chi connectivity index (χ1) is 13.8. The van der Waals surface area contributed by atoms with Gasteiger partial charge in [0.15, 0.2) is 0 Å². The first-order valence-corrected chi connectivity index (χ1v) is 10.00. The molecule has 1 N–H and O–H groups in total. The SMILES string of the molecule is OBOc1cccc(-c2cccc(-c3cccc4c3sc3ccccc34)c2)c1. The second kappa shape index (κ2) is 7.15. The molecule has 0 amide bonds. The van der Waals surface area contributed by atoms with Gasteiger partial charge in [-0.3, -0.25) is 0 Å². The highest BCUT2D eigenvalue weighted by molar-refractivity contribution is 7.26. The lowest BCUT2D eigenvalue weighted by Crippen LogP contribution is -1.99. The molecule has 0 bridgehead atoms. The molecule has 4 heteroatoms. The van der Waals surface area contributed by atoms with Crippen molar-refractivity contribution in [2.24, 2.45) is 0 Å². The van der Waals surface area contributed by atoms with Crippen LogP contribution in [0.1, 0.15) is 0 Å². The topological polar surface area (TPSA) is 29.5 Å². The standard InChI is InChI=1S/C24H17BO2S/c26-25-27-19-9-4-7-17(15-19)16-6-3-8-18(14-16)20-11-5-12-22-21-10-1-2-13-23(21)28-24(20)22/h1-15,25-26H. The fourth-order valence-electron chi connectivity index (χ4n) is 3.68. The number of rotatable bonds is 4. The van der Waals surface area contributed by atoms with Gasteiger partial charge in [-0.05, 0) is 46.5 Å². The highest BCUT2D eigenvalue weighted by Gasteiger charge is 2.10. The van der Waals surface area contributed by atoms with Crippen LogP contribution in [0.3, 0.4) is 0 Å². The van der Waals surface area contributed by atoms with Gasteiger partial charge in [0.2, 0.25) is 0 Å². The predicted molar refractivity (Wildman–Crippen MR) is 120 cm³/mol. The molecule has 0 atom stereocenters. The Bertz CT molecular complexity index is 1290. The summed E-state index contributed by atoms with van der Waals surface area (Å²) in [4.78, 5) is 0. The summed E-state index contributed by atoms with van der Waals surface area (Å²) in [6.07, 6.45) is 0. The molecule has 0 aliphatic rings. The zero-order valence-corrected chi connectivity index (χ0v) is 15.9. The van der Waals surface area contributed by atoms with Crippen LogP contribution in [0.2, 0.25) is 0 Å². The van der Waals surface area contributed by atoms with E-state index in [1.807, 2.05) is 29.5 Å². The summed E-state index contributed by atoms with van der Waals surface area (Å²) in [6.45, 7) is 0. The minimum atomic E-state index is -0.322. The Labute approximate surface area is 168 Å². The average Bonchev–Trinajstić information content (AvgIpc) is 3.13. The monoisotopic (exact) mass is 380 g/mol. The van der Waals surface area contributed by atoms with Crippen LogP contribution in [0.4, 0.5) is 0 Å². The molecule has 0 saturated carbocycles. The zero-order valence-electron chi connectivity index (χ0n) is 15.1. The van der Waals surface area contributed by atoms with Crippen LogP contribution >= 0.6 is 11.3 Å². The van der Waals surface area contributed by atoms with E-state index >= 15 is 0 Å². The van der Waals surface area contributed by atoms with Crippen molar-refractivity contribution in [3.05, 3.63) is 91.0 Å². The molecule has 28 heavy (non-hydrogen) atoms. The van der Waals surface area contributed by atoms with Crippen molar-refractivity contribution in [3.63, 3.8) is 0 Å². The second-order valence-corrected chi connectivity index (χ2v) is 7.71. The number of fused-ring (bicyclic) bond motifs is 3. The van der Waals surface area contributed by atoms with Crippen LogP contribution in [-0.2, 0) is 0 Å². The fraction of sp³-hybridized carbons (Fsp3) is 0. The molecule has 0 fully saturated rings. The van der Waals surface area contributed by atoms with Crippen molar-refractivity contribution in [1.29, 1.82) is 0 Å². The van der Waals surface area contributed by atoms with Crippen molar-refractivity contribution in [2.75, 3.05) is 0 Å². The third kappa shape index (κ3) is 2.97. The lowest BCUT2D eigenvalue weighted by Gasteiger charge is -2.09. The van der Waals surface area contributed by atoms with E-state index in [9.17, 15) is 0 Å². The third-order valence-electron chi connectivity index (χ3n) is 4.98. The molecule has 2 nitrogen and oxygen atoms in total. The molecule has 5 aromatic rings. The summed E-state index contributed by atoms with van der Waals surface area (Å²) in [6, 6.07) is 31.5. The maximum atomic E-state index is 9.01. The van der Waals surface area contributed by atoms with Crippen molar-refractivity contribution in [1.82, 2.24) is 0 Å². The number of hydrogen-bond acceptors (Lipinski definition) is 3. The largest absolute Gasteiger partial charge is 0.539 e. The minimum Gasteiger partial charge on any atom is -0.539 e. The first-order valence-electron chi connectivity index (χ1n) is 9.18. The van der Waals surface area contributed by atoms with E-state index in [1.54, 1.807) is 0 Å². The molecule has 0 aliphatic heterocycles. The van der Waals surface area contributed by atoms with Crippen LogP contribution in [-0.4, -0.2) is 12.7 Å². The smallest absolute Gasteiger partial charge is 0.504 e. The molecule has 0 aliphatic carbocycles. The summed E-state index contributed by atoms with van der Waals surface area (Å²) in [5.41, 5.74) is 4.64. The predicted octanol–water partition coefficient (Wildman–Crippen LogP) is 6.03. The van der Waals surface area contributed by atoms with Gasteiger partial charge in [0.25, 0.3) is 0 Å². The van der Waals surface area contributed by atoms with E-state index in [1.165, 1.54) is 31.3 Å². The molecule has 0 saturated heterocycles. The van der Waals surface area contributed by atoms with Crippen molar-refractivity contribution >= 4 is 39.2 Å². The molecule has 1 aromatic heterocycles. The Balaban J connectivity index is 1.65. The molecule has 4 aromatic carbocycles. The van der Waals surface area contributed by atoms with Crippen molar-refractivity contribution < 1.29 is 9.68 Å². The zero-order chi connectivity index (χ0) is 18.9. The normalized spacial score (nSPS) is 11.0. The van der Waals surface area contributed by atoms with Gasteiger partial charge in [-0.25, -0.2) is 0 Å². The van der Waals surface area contributed by atoms with Crippen LogP contribution in [0.25, 0.3) is 42.4 Å². The lowest BCUT2D eigenvalue weighted by molar-refractivity contribution is 0.454. The fourth-order valence-corrected chi connectivity index (χ4v) is 4.92. The van der Waals surface area contributed by atoms with Gasteiger partial charge < -0.3 is 9.68 Å². The summed E-state index contributed by atoms with van der Waals surface area (Å²) in [5.74, 6) is 0.664. The van der Waals surface area contributed by atoms with E-state index in [-0.39, 0.29) is 7.69 Å². The first kappa shape index (κ1) is 17.1. The molecular formula is C24H17BO2S. The minimum absolute atomic E-state index is 0.322. The van der Waals surface area contributed by atoms with Gasteiger partial charge in [-0.15, -0.1) is 11.3 Å². The van der Waals surface area contributed by atoms with E-state index in [0.29, 0.717) is 5.75 Å². The molecule has 0 spiro atoms. The van der Waals surface area contributed by atoms with Crippen molar-refractivity contribution in [2.45, 2.75) is 0 Å². The van der Waals surface area contributed by atoms with Gasteiger partial charge in [0.1, 0.15) is 5.75 Å². The molecular weight excluding hydrogens is 363 g/mol. The summed E-state index contributed by atoms with van der Waals surface area (Å²) in [7, 11) is -0.322. The summed E-state index contributed by atoms with van der Waals surface area (Å²) in [5, 5.41) is 11.6. The number of benzene rings is 4. The Morgan fingerprint density at radius 1 is 0.679 bits per heavy atom. The molecule has 0 radical (unpaired) electrons. The van der Waals surface area contributed by atoms with E-state index in [2.05, 4.69) is 72.8 Å². The average molecular weight is 380 g/mol. The van der Waals surface area contributed by atoms with Gasteiger partial charge in [-0.1, -0.05) is 66.7 Å². The van der Waals surface area contributed by atoms with E-state index in [4.69, 9.17) is 9.68 Å². The quantitative estimate of drug-likeness (QED) is 0.386. The van der Waals surface area contributed by atoms with Crippen LogP contribution < -0.4 is 4.65 Å². The molecule has 134 valence electrons. The molecule has 0 unspecified atom stereocenters. The summed E-state index contributed by atoms with van der Waals surface area (Å²) < 4.78 is 7.86. The van der Waals surface area contributed by atoms with Crippen LogP contribution in [0.5, 0.6) is 5.75 Å². The Kier molecular flexibility index (Phi) is 4.36. The third-order valence-corrected chi connectivity index (χ3v) is 6.20. The Hall–Kier alpha value is -3.08. The Morgan fingerprint density at radius 2 is 1.39 bits per heavy atom. The molecule has 1 heterocycles. The van der Waals surface area contributed by atoms with Gasteiger partial charge in [0.05, 0.1) is 0 Å². The highest BCUT2D eigenvalue weighted by Crippen LogP contribution is 2.40. The van der Waals surface area contributed by atoms with Crippen LogP contribution in [0, 0.1) is 0 Å². The maximum Gasteiger partial charge on any atom is 0.504 e. The van der Waals surface area contributed by atoms with E-state index in [0.717, 1.165) is 11.1 Å². The highest BCUT2D eigenvalue weighted by atomic mass is 32.1. The number of thiophene rings is 1. The Morgan fingerprint density at radius 3 is 2.29 bits per heavy atom. The molecule has 5 rings (SSSR count). The van der Waals surface area contributed by atoms with Gasteiger partial charge >= 0.3 is 7.69 Å².